The number of nitrogens with zero attached hydrogens (tertiary/aromatic N) is 1. The molecule has 296 valence electrons. The summed E-state index contributed by atoms with van der Waals surface area (Å²) in [6.45, 7) is 4.39. The van der Waals surface area contributed by atoms with Crippen LogP contribution >= 0.6 is 7.82 Å². The zero-order valence-corrected chi connectivity index (χ0v) is 33.8. The Bertz CT molecular complexity index is 1040. The quantitative estimate of drug-likeness (QED) is 0.0224. The van der Waals surface area contributed by atoms with E-state index in [4.69, 9.17) is 9.05 Å². The summed E-state index contributed by atoms with van der Waals surface area (Å²) in [6.07, 6.45) is 37.2. The summed E-state index contributed by atoms with van der Waals surface area (Å²) in [5.74, 6) is -0.313. The summed E-state index contributed by atoms with van der Waals surface area (Å²) in [7, 11) is 1.38. The van der Waals surface area contributed by atoms with Gasteiger partial charge in [0, 0.05) is 6.42 Å². The molecule has 0 spiro atoms. The first-order valence-corrected chi connectivity index (χ1v) is 21.2. The van der Waals surface area contributed by atoms with Gasteiger partial charge in [-0.05, 0) is 77.0 Å². The molecular formula is C41H76N2O7P+. The van der Waals surface area contributed by atoms with Crippen LogP contribution in [0.5, 0.6) is 0 Å². The minimum atomic E-state index is -4.43. The number of hydrogen-bond donors (Lipinski definition) is 4. The lowest BCUT2D eigenvalue weighted by molar-refractivity contribution is -0.870. The van der Waals surface area contributed by atoms with E-state index in [1.165, 1.54) is 44.9 Å². The average molecular weight is 740 g/mol. The Morgan fingerprint density at radius 2 is 1.22 bits per heavy atom. The molecule has 0 aliphatic carbocycles. The maximum atomic E-state index is 12.8. The van der Waals surface area contributed by atoms with Crippen LogP contribution in [0.3, 0.4) is 0 Å². The Labute approximate surface area is 312 Å². The van der Waals surface area contributed by atoms with Gasteiger partial charge in [-0.15, -0.1) is 0 Å². The number of rotatable bonds is 34. The lowest BCUT2D eigenvalue weighted by atomic mass is 10.0. The first-order valence-electron chi connectivity index (χ1n) is 19.7. The number of phosphoric acid groups is 1. The molecule has 0 aliphatic rings. The molecule has 0 aliphatic heterocycles. The predicted octanol–water partition coefficient (Wildman–Crippen LogP) is 9.27. The van der Waals surface area contributed by atoms with E-state index in [-0.39, 0.29) is 18.9 Å². The number of unbranched alkanes of at least 4 members (excludes halogenated alkanes) is 10. The van der Waals surface area contributed by atoms with Crippen molar-refractivity contribution >= 4 is 13.7 Å². The normalized spacial score (nSPS) is 15.8. The highest BCUT2D eigenvalue weighted by Gasteiger charge is 2.31. The summed E-state index contributed by atoms with van der Waals surface area (Å²) in [4.78, 5) is 23.0. The third kappa shape index (κ3) is 33.7. The van der Waals surface area contributed by atoms with Gasteiger partial charge in [-0.3, -0.25) is 13.8 Å². The van der Waals surface area contributed by atoms with Gasteiger partial charge in [0.25, 0.3) is 0 Å². The van der Waals surface area contributed by atoms with Crippen molar-refractivity contribution in [1.82, 2.24) is 5.32 Å². The van der Waals surface area contributed by atoms with Crippen LogP contribution in [-0.2, 0) is 18.4 Å². The summed E-state index contributed by atoms with van der Waals surface area (Å²) < 4.78 is 23.4. The molecule has 51 heavy (non-hydrogen) atoms. The first kappa shape index (κ1) is 49.2. The smallest absolute Gasteiger partial charge is 0.390 e. The molecule has 0 aromatic carbocycles. The number of likely N-dealkylation sites (N-methyl/N-ethyl adjacent to an activating group) is 1. The number of aliphatic hydroxyl groups excluding tert-OH is 2. The monoisotopic (exact) mass is 740 g/mol. The molecule has 0 rings (SSSR count). The van der Waals surface area contributed by atoms with Crippen LogP contribution in [0.15, 0.2) is 60.8 Å². The molecule has 9 nitrogen and oxygen atoms in total. The second-order valence-electron chi connectivity index (χ2n) is 14.4. The Morgan fingerprint density at radius 3 is 1.80 bits per heavy atom. The van der Waals surface area contributed by atoms with Gasteiger partial charge < -0.3 is 24.9 Å². The van der Waals surface area contributed by atoms with E-state index < -0.39 is 32.7 Å². The van der Waals surface area contributed by atoms with Gasteiger partial charge in [-0.25, -0.2) is 4.57 Å². The van der Waals surface area contributed by atoms with Crippen LogP contribution in [0.25, 0.3) is 0 Å². The topological polar surface area (TPSA) is 125 Å². The number of quaternary nitrogens is 1. The number of amides is 1. The summed E-state index contributed by atoms with van der Waals surface area (Å²) in [5, 5.41) is 24.5. The van der Waals surface area contributed by atoms with E-state index in [2.05, 4.69) is 79.9 Å². The number of phosphoric ester groups is 1. The molecule has 0 aromatic rings. The van der Waals surface area contributed by atoms with E-state index in [1.54, 1.807) is 0 Å². The maximum Gasteiger partial charge on any atom is 0.472 e. The third-order valence-corrected chi connectivity index (χ3v) is 9.33. The molecule has 0 bridgehead atoms. The largest absolute Gasteiger partial charge is 0.472 e. The molecule has 0 saturated carbocycles. The fourth-order valence-corrected chi connectivity index (χ4v) is 5.87. The van der Waals surface area contributed by atoms with Crippen molar-refractivity contribution in [3.63, 3.8) is 0 Å². The molecule has 4 unspecified atom stereocenters. The summed E-state index contributed by atoms with van der Waals surface area (Å²) in [6, 6.07) is -1.07. The van der Waals surface area contributed by atoms with Gasteiger partial charge >= 0.3 is 7.82 Å². The molecular weight excluding hydrogens is 663 g/mol. The van der Waals surface area contributed by atoms with Crippen molar-refractivity contribution in [2.75, 3.05) is 40.9 Å². The SMILES string of the molecule is CC/C=C\C/C=C\C/C=C\C/C=C\CCCCC(=O)NC(COP(=O)(O)OCC[N+](C)(C)C)C(O)C(O)CCC/C=C/CCCCCCCCC. The van der Waals surface area contributed by atoms with Gasteiger partial charge in [-0.2, -0.15) is 0 Å². The van der Waals surface area contributed by atoms with Crippen molar-refractivity contribution in [2.24, 2.45) is 0 Å². The van der Waals surface area contributed by atoms with Crippen LogP contribution < -0.4 is 5.32 Å². The Morgan fingerprint density at radius 1 is 0.706 bits per heavy atom. The van der Waals surface area contributed by atoms with E-state index in [1.807, 2.05) is 21.1 Å². The van der Waals surface area contributed by atoms with E-state index in [0.29, 0.717) is 30.3 Å². The van der Waals surface area contributed by atoms with Crippen molar-refractivity contribution in [3.05, 3.63) is 60.8 Å². The van der Waals surface area contributed by atoms with Crippen LogP contribution in [0.1, 0.15) is 136 Å². The second-order valence-corrected chi connectivity index (χ2v) is 15.9. The highest BCUT2D eigenvalue weighted by atomic mass is 31.2. The predicted molar refractivity (Wildman–Crippen MR) is 213 cm³/mol. The molecule has 4 N–H and O–H groups in total. The maximum absolute atomic E-state index is 12.8. The number of carbonyl (C=O) groups excluding carboxylic acids is 1. The van der Waals surface area contributed by atoms with E-state index in [9.17, 15) is 24.5 Å². The molecule has 10 heteroatoms. The molecule has 0 aromatic heterocycles. The van der Waals surface area contributed by atoms with Crippen molar-refractivity contribution in [3.8, 4) is 0 Å². The fourth-order valence-electron chi connectivity index (χ4n) is 5.13. The lowest BCUT2D eigenvalue weighted by Crippen LogP contribution is -2.51. The van der Waals surface area contributed by atoms with Gasteiger partial charge in [-0.1, -0.05) is 113 Å². The summed E-state index contributed by atoms with van der Waals surface area (Å²) in [5.41, 5.74) is 0. The number of aliphatic hydroxyl groups is 2. The average Bonchev–Trinajstić information content (AvgIpc) is 3.07. The summed E-state index contributed by atoms with van der Waals surface area (Å²) >= 11 is 0. The highest BCUT2D eigenvalue weighted by molar-refractivity contribution is 7.47. The van der Waals surface area contributed by atoms with Crippen molar-refractivity contribution in [2.45, 2.75) is 154 Å². The van der Waals surface area contributed by atoms with E-state index >= 15 is 0 Å². The molecule has 0 heterocycles. The van der Waals surface area contributed by atoms with Crippen molar-refractivity contribution in [1.29, 1.82) is 0 Å². The van der Waals surface area contributed by atoms with Crippen molar-refractivity contribution < 1.29 is 38.0 Å². The zero-order valence-electron chi connectivity index (χ0n) is 32.9. The Hall–Kier alpha value is -1.84. The number of hydrogen-bond acceptors (Lipinski definition) is 6. The third-order valence-electron chi connectivity index (χ3n) is 8.34. The number of allylic oxidation sites excluding steroid dienone is 10. The standard InChI is InChI=1S/C41H75N2O7P/c1-6-8-10-12-14-16-18-20-21-22-24-26-28-30-32-34-40(45)42-38(37-50-51(47,48)49-36-35-43(3,4)5)41(46)39(44)33-31-29-27-25-23-19-17-15-13-11-9-7-2/h8,10,14,16,20-21,24-27,38-39,41,44,46H,6-7,9,11-13,15,17-19,22-23,28-37H2,1-5H3,(H-,42,45,47,48)/p+1/b10-8-,16-14-,21-20-,26-24-,27-25+. The fraction of sp³-hybridized carbons (Fsp3) is 0.732. The Kier molecular flexibility index (Phi) is 31.6. The van der Waals surface area contributed by atoms with Gasteiger partial charge in [0.15, 0.2) is 0 Å². The second kappa shape index (κ2) is 32.8. The molecule has 0 saturated heterocycles. The minimum absolute atomic E-state index is 0.00519. The van der Waals surface area contributed by atoms with Crippen LogP contribution in [0.4, 0.5) is 0 Å². The van der Waals surface area contributed by atoms with Crippen LogP contribution in [0.2, 0.25) is 0 Å². The van der Waals surface area contributed by atoms with Crippen LogP contribution in [-0.4, -0.2) is 84.6 Å². The van der Waals surface area contributed by atoms with Gasteiger partial charge in [0.05, 0.1) is 39.9 Å². The molecule has 1 amide bonds. The number of nitrogens with one attached hydrogen (secondary N) is 1. The lowest BCUT2D eigenvalue weighted by Gasteiger charge is -2.28. The first-order chi connectivity index (χ1) is 24.4. The molecule has 0 radical (unpaired) electrons. The Balaban J connectivity index is 4.74. The highest BCUT2D eigenvalue weighted by Crippen LogP contribution is 2.43. The zero-order chi connectivity index (χ0) is 38.1. The minimum Gasteiger partial charge on any atom is -0.390 e. The number of carbonyl (C=O) groups is 1. The molecule has 0 fully saturated rings. The van der Waals surface area contributed by atoms with Gasteiger partial charge in [0.2, 0.25) is 5.91 Å². The van der Waals surface area contributed by atoms with E-state index in [0.717, 1.165) is 51.4 Å². The van der Waals surface area contributed by atoms with Crippen LogP contribution in [0, 0.1) is 0 Å². The van der Waals surface area contributed by atoms with Gasteiger partial charge in [0.1, 0.15) is 19.3 Å². The molecule has 4 atom stereocenters.